The molecule has 4 nitrogen and oxygen atoms in total. The molecule has 0 atom stereocenters. The zero-order valence-electron chi connectivity index (χ0n) is 11.4. The van der Waals surface area contributed by atoms with Crippen LogP contribution in [-0.2, 0) is 10.0 Å². The molecule has 1 fully saturated rings. The Morgan fingerprint density at radius 3 is 2.32 bits per heavy atom. The van der Waals surface area contributed by atoms with Gasteiger partial charge in [-0.25, -0.2) is 8.42 Å². The van der Waals surface area contributed by atoms with Crippen molar-refractivity contribution in [2.75, 3.05) is 19.6 Å². The molecular formula is C14H22N2O2S. The number of aryl methyl sites for hydroxylation is 1. The highest BCUT2D eigenvalue weighted by atomic mass is 32.2. The van der Waals surface area contributed by atoms with Crippen LogP contribution in [0.1, 0.15) is 24.8 Å². The molecule has 0 aliphatic carbocycles. The number of piperidine rings is 1. The molecule has 2 N–H and O–H groups in total. The molecule has 0 radical (unpaired) electrons. The van der Waals surface area contributed by atoms with E-state index in [1.165, 1.54) is 0 Å². The van der Waals surface area contributed by atoms with Crippen molar-refractivity contribution in [2.24, 2.45) is 11.7 Å². The van der Waals surface area contributed by atoms with E-state index < -0.39 is 10.0 Å². The van der Waals surface area contributed by atoms with Crippen molar-refractivity contribution in [1.29, 1.82) is 0 Å². The fourth-order valence-electron chi connectivity index (χ4n) is 2.53. The van der Waals surface area contributed by atoms with Crippen molar-refractivity contribution in [3.05, 3.63) is 29.8 Å². The average Bonchev–Trinajstić information content (AvgIpc) is 2.40. The maximum Gasteiger partial charge on any atom is 0.243 e. The minimum atomic E-state index is -3.32. The molecule has 1 heterocycles. The van der Waals surface area contributed by atoms with Gasteiger partial charge in [0.05, 0.1) is 4.90 Å². The number of hydrogen-bond donors (Lipinski definition) is 1. The van der Waals surface area contributed by atoms with E-state index >= 15 is 0 Å². The van der Waals surface area contributed by atoms with Gasteiger partial charge in [-0.15, -0.1) is 0 Å². The van der Waals surface area contributed by atoms with Gasteiger partial charge < -0.3 is 5.73 Å². The van der Waals surface area contributed by atoms with Crippen LogP contribution in [0.15, 0.2) is 29.2 Å². The first-order chi connectivity index (χ1) is 9.04. The van der Waals surface area contributed by atoms with Crippen LogP contribution < -0.4 is 5.73 Å². The second-order valence-corrected chi connectivity index (χ2v) is 7.18. The lowest BCUT2D eigenvalue weighted by atomic mass is 9.95. The summed E-state index contributed by atoms with van der Waals surface area (Å²) in [4.78, 5) is 0.398. The Kier molecular flexibility index (Phi) is 4.60. The second-order valence-electron chi connectivity index (χ2n) is 5.24. The topological polar surface area (TPSA) is 63.4 Å². The molecule has 1 aliphatic rings. The van der Waals surface area contributed by atoms with Crippen LogP contribution in [0.5, 0.6) is 0 Å². The molecule has 1 saturated heterocycles. The van der Waals surface area contributed by atoms with E-state index in [1.54, 1.807) is 16.4 Å². The molecule has 5 heteroatoms. The van der Waals surface area contributed by atoms with E-state index in [9.17, 15) is 8.42 Å². The Bertz CT molecular complexity index is 503. The molecular weight excluding hydrogens is 260 g/mol. The summed E-state index contributed by atoms with van der Waals surface area (Å²) in [6.45, 7) is 3.87. The number of benzene rings is 1. The predicted molar refractivity (Wildman–Crippen MR) is 76.3 cm³/mol. The zero-order chi connectivity index (χ0) is 13.9. The van der Waals surface area contributed by atoms with Gasteiger partial charge in [0.1, 0.15) is 0 Å². The molecule has 0 bridgehead atoms. The minimum absolute atomic E-state index is 0.398. The van der Waals surface area contributed by atoms with Gasteiger partial charge in [0.15, 0.2) is 0 Å². The maximum absolute atomic E-state index is 12.5. The molecule has 19 heavy (non-hydrogen) atoms. The summed E-state index contributed by atoms with van der Waals surface area (Å²) in [7, 11) is -3.32. The van der Waals surface area contributed by atoms with Crippen LogP contribution in [0, 0.1) is 12.8 Å². The Labute approximate surface area is 115 Å². The first kappa shape index (κ1) is 14.5. The number of sulfonamides is 1. The fourth-order valence-corrected chi connectivity index (χ4v) is 4.00. The van der Waals surface area contributed by atoms with E-state index in [-0.39, 0.29) is 0 Å². The van der Waals surface area contributed by atoms with E-state index in [4.69, 9.17) is 5.73 Å². The normalized spacial score (nSPS) is 18.6. The lowest BCUT2D eigenvalue weighted by Gasteiger charge is -2.31. The molecule has 0 aromatic heterocycles. The van der Waals surface area contributed by atoms with Gasteiger partial charge in [-0.1, -0.05) is 17.7 Å². The van der Waals surface area contributed by atoms with Gasteiger partial charge in [0, 0.05) is 13.1 Å². The van der Waals surface area contributed by atoms with Crippen molar-refractivity contribution in [2.45, 2.75) is 31.1 Å². The predicted octanol–water partition coefficient (Wildman–Crippen LogP) is 1.74. The van der Waals surface area contributed by atoms with Crippen LogP contribution in [0.4, 0.5) is 0 Å². The smallest absolute Gasteiger partial charge is 0.243 e. The quantitative estimate of drug-likeness (QED) is 0.915. The monoisotopic (exact) mass is 282 g/mol. The molecule has 106 valence electrons. The van der Waals surface area contributed by atoms with E-state index in [0.29, 0.717) is 30.4 Å². The van der Waals surface area contributed by atoms with E-state index in [0.717, 1.165) is 24.8 Å². The average molecular weight is 282 g/mol. The summed E-state index contributed by atoms with van der Waals surface area (Å²) in [5.41, 5.74) is 6.62. The summed E-state index contributed by atoms with van der Waals surface area (Å²) < 4.78 is 26.5. The molecule has 1 aliphatic heterocycles. The Hall–Kier alpha value is -0.910. The molecule has 0 spiro atoms. The van der Waals surface area contributed by atoms with E-state index in [1.807, 2.05) is 19.1 Å². The first-order valence-corrected chi connectivity index (χ1v) is 8.25. The maximum atomic E-state index is 12.5. The molecule has 0 saturated carbocycles. The molecule has 1 aromatic rings. The highest BCUT2D eigenvalue weighted by Crippen LogP contribution is 2.25. The standard InChI is InChI=1S/C14H22N2O2S/c1-12-2-4-14(5-3-12)19(17,18)16-10-7-13(6-9-15)8-11-16/h2-5,13H,6-11,15H2,1H3. The Morgan fingerprint density at radius 2 is 1.79 bits per heavy atom. The van der Waals surface area contributed by atoms with Crippen LogP contribution >= 0.6 is 0 Å². The zero-order valence-corrected chi connectivity index (χ0v) is 12.2. The Morgan fingerprint density at radius 1 is 1.21 bits per heavy atom. The third kappa shape index (κ3) is 3.35. The van der Waals surface area contributed by atoms with Crippen LogP contribution in [0.25, 0.3) is 0 Å². The molecule has 0 amide bonds. The van der Waals surface area contributed by atoms with Gasteiger partial charge in [-0.2, -0.15) is 4.31 Å². The van der Waals surface area contributed by atoms with Crippen molar-refractivity contribution in [1.82, 2.24) is 4.31 Å². The second kappa shape index (κ2) is 6.03. The molecule has 2 rings (SSSR count). The first-order valence-electron chi connectivity index (χ1n) is 6.81. The SMILES string of the molecule is Cc1ccc(S(=O)(=O)N2CCC(CCN)CC2)cc1. The lowest BCUT2D eigenvalue weighted by Crippen LogP contribution is -2.38. The van der Waals surface area contributed by atoms with Crippen molar-refractivity contribution < 1.29 is 8.42 Å². The van der Waals surface area contributed by atoms with Gasteiger partial charge in [0.25, 0.3) is 0 Å². The minimum Gasteiger partial charge on any atom is -0.330 e. The summed E-state index contributed by atoms with van der Waals surface area (Å²) in [6.07, 6.45) is 2.84. The third-order valence-corrected chi connectivity index (χ3v) is 5.72. The van der Waals surface area contributed by atoms with Crippen molar-refractivity contribution in [3.8, 4) is 0 Å². The number of rotatable bonds is 4. The van der Waals surface area contributed by atoms with Gasteiger partial charge >= 0.3 is 0 Å². The summed E-state index contributed by atoms with van der Waals surface area (Å²) in [6, 6.07) is 7.06. The number of hydrogen-bond acceptors (Lipinski definition) is 3. The van der Waals surface area contributed by atoms with Crippen molar-refractivity contribution >= 4 is 10.0 Å². The van der Waals surface area contributed by atoms with Crippen molar-refractivity contribution in [3.63, 3.8) is 0 Å². The highest BCUT2D eigenvalue weighted by Gasteiger charge is 2.28. The molecule has 1 aromatic carbocycles. The van der Waals surface area contributed by atoms with Crippen LogP contribution in [0.2, 0.25) is 0 Å². The summed E-state index contributed by atoms with van der Waals surface area (Å²) in [5.74, 6) is 0.578. The van der Waals surface area contributed by atoms with Crippen LogP contribution in [-0.4, -0.2) is 32.4 Å². The fraction of sp³-hybridized carbons (Fsp3) is 0.571. The van der Waals surface area contributed by atoms with Gasteiger partial charge in [0.2, 0.25) is 10.0 Å². The summed E-state index contributed by atoms with van der Waals surface area (Å²) >= 11 is 0. The van der Waals surface area contributed by atoms with Gasteiger partial charge in [-0.3, -0.25) is 0 Å². The largest absolute Gasteiger partial charge is 0.330 e. The number of nitrogens with zero attached hydrogens (tertiary/aromatic N) is 1. The van der Waals surface area contributed by atoms with Crippen LogP contribution in [0.3, 0.4) is 0 Å². The summed E-state index contributed by atoms with van der Waals surface area (Å²) in [5, 5.41) is 0. The third-order valence-electron chi connectivity index (χ3n) is 3.81. The van der Waals surface area contributed by atoms with E-state index in [2.05, 4.69) is 0 Å². The molecule has 0 unspecified atom stereocenters. The Balaban J connectivity index is 2.07. The number of nitrogens with two attached hydrogens (primary N) is 1. The highest BCUT2D eigenvalue weighted by molar-refractivity contribution is 7.89. The lowest BCUT2D eigenvalue weighted by molar-refractivity contribution is 0.266. The van der Waals surface area contributed by atoms with Gasteiger partial charge in [-0.05, 0) is 50.8 Å².